The van der Waals surface area contributed by atoms with Crippen LogP contribution in [0.2, 0.25) is 0 Å². The molecule has 0 amide bonds. The van der Waals surface area contributed by atoms with E-state index in [2.05, 4.69) is 5.10 Å². The van der Waals surface area contributed by atoms with Crippen LogP contribution in [0.1, 0.15) is 0 Å². The summed E-state index contributed by atoms with van der Waals surface area (Å²) >= 11 is 0. The van der Waals surface area contributed by atoms with Gasteiger partial charge in [0.15, 0.2) is 0 Å². The molecule has 0 radical (unpaired) electrons. The lowest BCUT2D eigenvalue weighted by molar-refractivity contribution is -0.146. The van der Waals surface area contributed by atoms with Crippen molar-refractivity contribution < 1.29 is 23.1 Å². The molecule has 1 unspecified atom stereocenters. The van der Waals surface area contributed by atoms with Crippen molar-refractivity contribution in [2.45, 2.75) is 10.9 Å². The van der Waals surface area contributed by atoms with Gasteiger partial charge in [0, 0.05) is 19.8 Å². The number of carbonyl (C=O) groups is 1. The third-order valence-electron chi connectivity index (χ3n) is 2.65. The predicted molar refractivity (Wildman–Crippen MR) is 59.3 cm³/mol. The van der Waals surface area contributed by atoms with E-state index in [1.54, 1.807) is 7.05 Å². The van der Waals surface area contributed by atoms with Crippen molar-refractivity contribution >= 4 is 16.0 Å². The molecule has 100 valence electrons. The first-order valence-electron chi connectivity index (χ1n) is 5.24. The summed E-state index contributed by atoms with van der Waals surface area (Å²) in [5, 5.41) is 12.8. The van der Waals surface area contributed by atoms with E-state index in [1.807, 2.05) is 0 Å². The van der Waals surface area contributed by atoms with Crippen molar-refractivity contribution in [2.24, 2.45) is 7.05 Å². The second-order valence-electron chi connectivity index (χ2n) is 3.89. The first kappa shape index (κ1) is 13.0. The van der Waals surface area contributed by atoms with Gasteiger partial charge in [0.2, 0.25) is 10.0 Å². The van der Waals surface area contributed by atoms with Crippen molar-refractivity contribution in [3.05, 3.63) is 12.4 Å². The van der Waals surface area contributed by atoms with E-state index in [4.69, 9.17) is 9.84 Å². The summed E-state index contributed by atoms with van der Waals surface area (Å²) in [5.74, 6) is -1.22. The van der Waals surface area contributed by atoms with Gasteiger partial charge in [0.25, 0.3) is 0 Å². The van der Waals surface area contributed by atoms with Crippen LogP contribution in [-0.2, 0) is 26.6 Å². The van der Waals surface area contributed by atoms with Crippen molar-refractivity contribution in [3.63, 3.8) is 0 Å². The van der Waals surface area contributed by atoms with Crippen LogP contribution in [0.3, 0.4) is 0 Å². The summed E-state index contributed by atoms with van der Waals surface area (Å²) in [7, 11) is -2.26. The van der Waals surface area contributed by atoms with Gasteiger partial charge < -0.3 is 9.84 Å². The van der Waals surface area contributed by atoms with E-state index in [1.165, 1.54) is 17.1 Å². The van der Waals surface area contributed by atoms with E-state index in [0.717, 1.165) is 4.31 Å². The molecule has 0 bridgehead atoms. The van der Waals surface area contributed by atoms with Crippen LogP contribution < -0.4 is 0 Å². The third kappa shape index (κ3) is 2.24. The summed E-state index contributed by atoms with van der Waals surface area (Å²) in [6.45, 7) is 0.0618. The van der Waals surface area contributed by atoms with Crippen molar-refractivity contribution in [3.8, 4) is 0 Å². The molecule has 1 aliphatic heterocycles. The summed E-state index contributed by atoms with van der Waals surface area (Å²) in [4.78, 5) is 11.0. The minimum atomic E-state index is -3.85. The lowest BCUT2D eigenvalue weighted by Gasteiger charge is -2.31. The van der Waals surface area contributed by atoms with Gasteiger partial charge in [-0.15, -0.1) is 0 Å². The van der Waals surface area contributed by atoms with Gasteiger partial charge in [-0.05, 0) is 0 Å². The van der Waals surface area contributed by atoms with Gasteiger partial charge >= 0.3 is 5.97 Å². The van der Waals surface area contributed by atoms with Gasteiger partial charge in [0.1, 0.15) is 10.9 Å². The van der Waals surface area contributed by atoms with E-state index in [9.17, 15) is 13.2 Å². The minimum Gasteiger partial charge on any atom is -0.480 e. The highest BCUT2D eigenvalue weighted by Gasteiger charge is 2.38. The zero-order valence-electron chi connectivity index (χ0n) is 9.68. The lowest BCUT2D eigenvalue weighted by Crippen LogP contribution is -2.52. The Bertz CT molecular complexity index is 552. The standard InChI is InChI=1S/C9H13N3O5S/c1-11-5-7(4-10-11)18(15,16)12-2-3-17-6-8(12)9(13)14/h4-5,8H,2-3,6H2,1H3,(H,13,14). The van der Waals surface area contributed by atoms with E-state index >= 15 is 0 Å². The first-order chi connectivity index (χ1) is 8.43. The van der Waals surface area contributed by atoms with Crippen LogP contribution in [0.25, 0.3) is 0 Å². The highest BCUT2D eigenvalue weighted by atomic mass is 32.2. The zero-order chi connectivity index (χ0) is 13.3. The maximum absolute atomic E-state index is 12.3. The number of aliphatic carboxylic acids is 1. The molecule has 0 saturated carbocycles. The SMILES string of the molecule is Cn1cc(S(=O)(=O)N2CCOCC2C(=O)O)cn1. The molecular weight excluding hydrogens is 262 g/mol. The summed E-state index contributed by atoms with van der Waals surface area (Å²) in [5.41, 5.74) is 0. The van der Waals surface area contributed by atoms with Gasteiger partial charge in [0.05, 0.1) is 19.4 Å². The number of morpholine rings is 1. The number of sulfonamides is 1. The topological polar surface area (TPSA) is 102 Å². The second-order valence-corrected chi connectivity index (χ2v) is 5.78. The Labute approximate surface area is 104 Å². The van der Waals surface area contributed by atoms with Crippen LogP contribution in [0, 0.1) is 0 Å². The lowest BCUT2D eigenvalue weighted by atomic mass is 10.3. The molecule has 9 heteroatoms. The van der Waals surface area contributed by atoms with Crippen LogP contribution in [0.4, 0.5) is 0 Å². The molecule has 1 fully saturated rings. The molecule has 2 heterocycles. The number of hydrogen-bond acceptors (Lipinski definition) is 5. The number of nitrogens with zero attached hydrogens (tertiary/aromatic N) is 3. The smallest absolute Gasteiger partial charge is 0.324 e. The summed E-state index contributed by atoms with van der Waals surface area (Å²) in [6, 6.07) is -1.19. The number of hydrogen-bond donors (Lipinski definition) is 1. The molecule has 1 aromatic rings. The second kappa shape index (κ2) is 4.67. The number of rotatable bonds is 3. The molecule has 18 heavy (non-hydrogen) atoms. The first-order valence-corrected chi connectivity index (χ1v) is 6.68. The quantitative estimate of drug-likeness (QED) is 0.751. The van der Waals surface area contributed by atoms with Crippen molar-refractivity contribution in [1.29, 1.82) is 0 Å². The Balaban J connectivity index is 2.36. The van der Waals surface area contributed by atoms with Gasteiger partial charge in [-0.2, -0.15) is 9.40 Å². The Morgan fingerprint density at radius 1 is 1.61 bits per heavy atom. The normalized spacial score (nSPS) is 21.9. The fourth-order valence-electron chi connectivity index (χ4n) is 1.74. The average Bonchev–Trinajstić information content (AvgIpc) is 2.76. The number of carboxylic acids is 1. The molecule has 1 aromatic heterocycles. The number of aryl methyl sites for hydroxylation is 1. The zero-order valence-corrected chi connectivity index (χ0v) is 10.5. The maximum atomic E-state index is 12.3. The summed E-state index contributed by atoms with van der Waals surface area (Å²) < 4.78 is 31.8. The van der Waals surface area contributed by atoms with Crippen LogP contribution in [0.15, 0.2) is 17.3 Å². The van der Waals surface area contributed by atoms with Crippen molar-refractivity contribution in [2.75, 3.05) is 19.8 Å². The highest BCUT2D eigenvalue weighted by Crippen LogP contribution is 2.20. The van der Waals surface area contributed by atoms with Crippen LogP contribution in [-0.4, -0.2) is 59.4 Å². The molecule has 0 aliphatic carbocycles. The highest BCUT2D eigenvalue weighted by molar-refractivity contribution is 7.89. The molecule has 2 rings (SSSR count). The van der Waals surface area contributed by atoms with Crippen LogP contribution in [0.5, 0.6) is 0 Å². The van der Waals surface area contributed by atoms with Gasteiger partial charge in [-0.3, -0.25) is 9.48 Å². The van der Waals surface area contributed by atoms with E-state index in [0.29, 0.717) is 0 Å². The molecule has 0 spiro atoms. The maximum Gasteiger partial charge on any atom is 0.324 e. The van der Waals surface area contributed by atoms with Gasteiger partial charge in [-0.1, -0.05) is 0 Å². The molecule has 1 atom stereocenters. The summed E-state index contributed by atoms with van der Waals surface area (Å²) in [6.07, 6.45) is 2.54. The number of aromatic nitrogens is 2. The van der Waals surface area contributed by atoms with E-state index < -0.39 is 22.0 Å². The molecule has 1 saturated heterocycles. The molecule has 1 aliphatic rings. The molecule has 8 nitrogen and oxygen atoms in total. The largest absolute Gasteiger partial charge is 0.480 e. The van der Waals surface area contributed by atoms with Gasteiger partial charge in [-0.25, -0.2) is 8.42 Å². The molecular formula is C9H13N3O5S. The van der Waals surface area contributed by atoms with Crippen molar-refractivity contribution in [1.82, 2.24) is 14.1 Å². The monoisotopic (exact) mass is 275 g/mol. The average molecular weight is 275 g/mol. The minimum absolute atomic E-state index is 0.0156. The number of ether oxygens (including phenoxy) is 1. The fourth-order valence-corrected chi connectivity index (χ4v) is 3.28. The predicted octanol–water partition coefficient (Wildman–Crippen LogP) is -1.11. The Hall–Kier alpha value is -1.45. The fraction of sp³-hybridized carbons (Fsp3) is 0.556. The Morgan fingerprint density at radius 3 is 2.89 bits per heavy atom. The molecule has 1 N–H and O–H groups in total. The van der Waals surface area contributed by atoms with E-state index in [-0.39, 0.29) is 24.7 Å². The Kier molecular flexibility index (Phi) is 3.37. The number of carboxylic acid groups (broad SMARTS) is 1. The Morgan fingerprint density at radius 2 is 2.33 bits per heavy atom. The third-order valence-corrected chi connectivity index (χ3v) is 4.51. The van der Waals surface area contributed by atoms with Crippen LogP contribution >= 0.6 is 0 Å². The molecule has 0 aromatic carbocycles.